The van der Waals surface area contributed by atoms with Crippen molar-refractivity contribution in [2.75, 3.05) is 37.6 Å². The summed E-state index contributed by atoms with van der Waals surface area (Å²) >= 11 is 1.57. The van der Waals surface area contributed by atoms with E-state index in [-0.39, 0.29) is 0 Å². The maximum atomic E-state index is 5.37. The average Bonchev–Trinajstić information content (AvgIpc) is 2.82. The van der Waals surface area contributed by atoms with Gasteiger partial charge in [0.15, 0.2) is 0 Å². The Hall–Kier alpha value is -1.44. The van der Waals surface area contributed by atoms with Gasteiger partial charge in [0.1, 0.15) is 10.6 Å². The van der Waals surface area contributed by atoms with Crippen LogP contribution in [0.15, 0.2) is 11.4 Å². The van der Waals surface area contributed by atoms with Gasteiger partial charge in [-0.25, -0.2) is 10.8 Å². The highest BCUT2D eigenvalue weighted by Gasteiger charge is 2.11. The van der Waals surface area contributed by atoms with Crippen LogP contribution in [0.5, 0.6) is 0 Å². The van der Waals surface area contributed by atoms with Crippen LogP contribution >= 0.6 is 11.3 Å². The fourth-order valence-electron chi connectivity index (χ4n) is 1.53. The van der Waals surface area contributed by atoms with E-state index >= 15 is 0 Å². The highest BCUT2D eigenvalue weighted by molar-refractivity contribution is 7.16. The third-order valence-corrected chi connectivity index (χ3v) is 3.23. The number of fused-ring (bicyclic) bond motifs is 1. The van der Waals surface area contributed by atoms with Crippen LogP contribution in [0.1, 0.15) is 0 Å². The van der Waals surface area contributed by atoms with Gasteiger partial charge >= 0.3 is 0 Å². The number of ether oxygens (including phenoxy) is 1. The number of rotatable bonds is 5. The molecule has 92 valence electrons. The van der Waals surface area contributed by atoms with Gasteiger partial charge in [-0.1, -0.05) is 0 Å². The Morgan fingerprint density at radius 2 is 2.35 bits per heavy atom. The van der Waals surface area contributed by atoms with E-state index in [4.69, 9.17) is 10.6 Å². The summed E-state index contributed by atoms with van der Waals surface area (Å²) in [5.41, 5.74) is 2.49. The van der Waals surface area contributed by atoms with Crippen LogP contribution in [0.3, 0.4) is 0 Å². The van der Waals surface area contributed by atoms with Crippen molar-refractivity contribution in [2.45, 2.75) is 0 Å². The lowest BCUT2D eigenvalue weighted by molar-refractivity contribution is 0.206. The SMILES string of the molecule is COCCN(C)c1nc(NN)nc2sccc12. The highest BCUT2D eigenvalue weighted by Crippen LogP contribution is 2.28. The smallest absolute Gasteiger partial charge is 0.240 e. The third-order valence-electron chi connectivity index (χ3n) is 2.43. The van der Waals surface area contributed by atoms with Crippen molar-refractivity contribution >= 4 is 33.3 Å². The van der Waals surface area contributed by atoms with Crippen LogP contribution in [0, 0.1) is 0 Å². The molecule has 2 aromatic heterocycles. The topological polar surface area (TPSA) is 76.3 Å². The molecule has 0 aromatic carbocycles. The van der Waals surface area contributed by atoms with Crippen molar-refractivity contribution in [2.24, 2.45) is 5.84 Å². The molecule has 0 aliphatic heterocycles. The van der Waals surface area contributed by atoms with Crippen LogP contribution in [0.2, 0.25) is 0 Å². The lowest BCUT2D eigenvalue weighted by Gasteiger charge is -2.18. The van der Waals surface area contributed by atoms with Gasteiger partial charge in [0.25, 0.3) is 0 Å². The number of hydrogen-bond donors (Lipinski definition) is 2. The molecule has 0 radical (unpaired) electrons. The number of anilines is 2. The van der Waals surface area contributed by atoms with E-state index in [1.807, 2.05) is 23.4 Å². The van der Waals surface area contributed by atoms with Gasteiger partial charge in [0, 0.05) is 20.7 Å². The number of aromatic nitrogens is 2. The van der Waals surface area contributed by atoms with E-state index in [2.05, 4.69) is 15.4 Å². The minimum Gasteiger partial charge on any atom is -0.383 e. The predicted octanol–water partition coefficient (Wildman–Crippen LogP) is 1.06. The van der Waals surface area contributed by atoms with Crippen LogP contribution in [-0.4, -0.2) is 37.3 Å². The molecule has 0 unspecified atom stereocenters. The molecule has 0 atom stereocenters. The number of hydrogen-bond acceptors (Lipinski definition) is 7. The number of methoxy groups -OCH3 is 1. The van der Waals surface area contributed by atoms with E-state index in [0.29, 0.717) is 12.6 Å². The molecule has 6 nitrogen and oxygen atoms in total. The number of nitrogens with zero attached hydrogens (tertiary/aromatic N) is 3. The van der Waals surface area contributed by atoms with Crippen molar-refractivity contribution in [1.82, 2.24) is 9.97 Å². The van der Waals surface area contributed by atoms with Crippen LogP contribution in [-0.2, 0) is 4.74 Å². The Bertz CT molecular complexity index is 500. The maximum Gasteiger partial charge on any atom is 0.240 e. The third kappa shape index (κ3) is 2.46. The molecule has 2 heterocycles. The van der Waals surface area contributed by atoms with E-state index in [1.165, 1.54) is 0 Å². The minimum atomic E-state index is 0.430. The maximum absolute atomic E-state index is 5.37. The van der Waals surface area contributed by atoms with Crippen molar-refractivity contribution < 1.29 is 4.74 Å². The summed E-state index contributed by atoms with van der Waals surface area (Å²) in [6.07, 6.45) is 0. The van der Waals surface area contributed by atoms with Crippen molar-refractivity contribution in [3.63, 3.8) is 0 Å². The molecule has 2 rings (SSSR count). The first-order valence-corrected chi connectivity index (χ1v) is 6.06. The van der Waals surface area contributed by atoms with Crippen molar-refractivity contribution in [3.8, 4) is 0 Å². The Morgan fingerprint density at radius 3 is 3.06 bits per heavy atom. The van der Waals surface area contributed by atoms with Crippen molar-refractivity contribution in [3.05, 3.63) is 11.4 Å². The second-order valence-electron chi connectivity index (χ2n) is 3.57. The number of nitrogens with one attached hydrogen (secondary N) is 1. The summed E-state index contributed by atoms with van der Waals surface area (Å²) in [4.78, 5) is 11.6. The fraction of sp³-hybridized carbons (Fsp3) is 0.400. The second kappa shape index (κ2) is 5.26. The Kier molecular flexibility index (Phi) is 3.72. The summed E-state index contributed by atoms with van der Waals surface area (Å²) in [6.45, 7) is 1.42. The van der Waals surface area contributed by atoms with Gasteiger partial charge < -0.3 is 9.64 Å². The molecule has 0 aliphatic rings. The van der Waals surface area contributed by atoms with Crippen molar-refractivity contribution in [1.29, 1.82) is 0 Å². The van der Waals surface area contributed by atoms with Gasteiger partial charge in [-0.3, -0.25) is 5.43 Å². The summed E-state index contributed by atoms with van der Waals surface area (Å²) in [7, 11) is 3.65. The van der Waals surface area contributed by atoms with Gasteiger partial charge in [-0.2, -0.15) is 4.98 Å². The molecule has 0 amide bonds. The van der Waals surface area contributed by atoms with Crippen LogP contribution in [0.4, 0.5) is 11.8 Å². The first kappa shape index (κ1) is 12.0. The Balaban J connectivity index is 2.39. The molecule has 0 saturated carbocycles. The number of likely N-dealkylation sites (N-methyl/N-ethyl adjacent to an activating group) is 1. The largest absolute Gasteiger partial charge is 0.383 e. The average molecular weight is 253 g/mol. The van der Waals surface area contributed by atoms with E-state index < -0.39 is 0 Å². The molecule has 2 aromatic rings. The number of nitrogens with two attached hydrogens (primary N) is 1. The fourth-order valence-corrected chi connectivity index (χ4v) is 2.29. The van der Waals surface area contributed by atoms with Crippen LogP contribution in [0.25, 0.3) is 10.2 Å². The predicted molar refractivity (Wildman–Crippen MR) is 70.4 cm³/mol. The van der Waals surface area contributed by atoms with Gasteiger partial charge in [-0.15, -0.1) is 11.3 Å². The van der Waals surface area contributed by atoms with E-state index in [1.54, 1.807) is 18.4 Å². The van der Waals surface area contributed by atoms with E-state index in [0.717, 1.165) is 22.6 Å². The summed E-state index contributed by atoms with van der Waals surface area (Å²) in [5.74, 6) is 6.66. The summed E-state index contributed by atoms with van der Waals surface area (Å²) < 4.78 is 5.06. The zero-order valence-corrected chi connectivity index (χ0v) is 10.6. The molecule has 0 fully saturated rings. The first-order chi connectivity index (χ1) is 8.26. The monoisotopic (exact) mass is 253 g/mol. The molecule has 17 heavy (non-hydrogen) atoms. The van der Waals surface area contributed by atoms with Gasteiger partial charge in [-0.05, 0) is 11.4 Å². The lowest BCUT2D eigenvalue weighted by atomic mass is 10.3. The van der Waals surface area contributed by atoms with Gasteiger partial charge in [0.2, 0.25) is 5.95 Å². The molecule has 0 bridgehead atoms. The highest BCUT2D eigenvalue weighted by atomic mass is 32.1. The standard InChI is InChI=1S/C10H15N5OS/c1-15(4-5-16-2)8-7-3-6-17-9(7)13-10(12-8)14-11/h3,6H,4-5,11H2,1-2H3,(H,12,13,14). The lowest BCUT2D eigenvalue weighted by Crippen LogP contribution is -2.24. The first-order valence-electron chi connectivity index (χ1n) is 5.18. The molecule has 3 N–H and O–H groups in total. The quantitative estimate of drug-likeness (QED) is 0.613. The number of nitrogen functional groups attached to an aromatic ring is 1. The minimum absolute atomic E-state index is 0.430. The molecular weight excluding hydrogens is 238 g/mol. The molecule has 0 saturated heterocycles. The van der Waals surface area contributed by atoms with Gasteiger partial charge in [0.05, 0.1) is 12.0 Å². The Labute approximate surface area is 103 Å². The molecule has 0 aliphatic carbocycles. The van der Waals surface area contributed by atoms with E-state index in [9.17, 15) is 0 Å². The van der Waals surface area contributed by atoms with Crippen LogP contribution < -0.4 is 16.2 Å². The Morgan fingerprint density at radius 1 is 1.53 bits per heavy atom. The normalized spacial score (nSPS) is 10.8. The summed E-state index contributed by atoms with van der Waals surface area (Å²) in [5, 5.41) is 3.03. The second-order valence-corrected chi connectivity index (χ2v) is 4.46. The number of hydrazine groups is 1. The molecule has 7 heteroatoms. The zero-order chi connectivity index (χ0) is 12.3. The zero-order valence-electron chi connectivity index (χ0n) is 9.80. The molecular formula is C10H15N5OS. The number of thiophene rings is 1. The summed E-state index contributed by atoms with van der Waals surface area (Å²) in [6, 6.07) is 2.01. The molecule has 0 spiro atoms.